The lowest BCUT2D eigenvalue weighted by molar-refractivity contribution is 0.0267. The Labute approximate surface area is 186 Å². The second-order valence-electron chi connectivity index (χ2n) is 9.65. The number of hydrogen-bond donors (Lipinski definition) is 0. The number of cyclic esters (lactones) is 1. The van der Waals surface area contributed by atoms with Crippen LogP contribution in [0.25, 0.3) is 0 Å². The van der Waals surface area contributed by atoms with Gasteiger partial charge in [0.25, 0.3) is 0 Å². The maximum absolute atomic E-state index is 12.4. The van der Waals surface area contributed by atoms with E-state index < -0.39 is 8.32 Å². The van der Waals surface area contributed by atoms with Gasteiger partial charge in [-0.2, -0.15) is 0 Å². The summed E-state index contributed by atoms with van der Waals surface area (Å²) < 4.78 is 16.9. The molecule has 1 saturated heterocycles. The summed E-state index contributed by atoms with van der Waals surface area (Å²) in [7, 11) is -1.87. The molecule has 0 N–H and O–H groups in total. The predicted molar refractivity (Wildman–Crippen MR) is 123 cm³/mol. The van der Waals surface area contributed by atoms with Crippen LogP contribution in [-0.2, 0) is 20.3 Å². The third-order valence-corrected chi connectivity index (χ3v) is 11.4. The van der Waals surface area contributed by atoms with E-state index in [1.807, 2.05) is 30.9 Å². The van der Waals surface area contributed by atoms with E-state index in [1.54, 1.807) is 0 Å². The number of carbonyl (C=O) groups is 2. The molecule has 1 atom stereocenters. The molecule has 30 heavy (non-hydrogen) atoms. The number of ether oxygens (including phenoxy) is 2. The molecule has 0 saturated carbocycles. The third kappa shape index (κ3) is 6.82. The van der Waals surface area contributed by atoms with Gasteiger partial charge >= 0.3 is 12.1 Å². The molecule has 6 nitrogen and oxygen atoms in total. The summed E-state index contributed by atoms with van der Waals surface area (Å²) >= 11 is 1.46. The molecule has 2 rings (SSSR count). The quantitative estimate of drug-likeness (QED) is 0.364. The Hall–Kier alpha value is -1.38. The van der Waals surface area contributed by atoms with Crippen molar-refractivity contribution in [3.05, 3.63) is 21.9 Å². The van der Waals surface area contributed by atoms with Crippen LogP contribution in [-0.4, -0.2) is 57.2 Å². The van der Waals surface area contributed by atoms with Crippen molar-refractivity contribution in [1.29, 1.82) is 0 Å². The summed E-state index contributed by atoms with van der Waals surface area (Å²) in [5.74, 6) is -0.274. The smallest absolute Gasteiger partial charge is 0.410 e. The van der Waals surface area contributed by atoms with E-state index in [2.05, 4.69) is 33.9 Å². The minimum atomic E-state index is -1.87. The van der Waals surface area contributed by atoms with Crippen molar-refractivity contribution in [3.8, 4) is 0 Å². The second-order valence-corrected chi connectivity index (χ2v) is 15.6. The van der Waals surface area contributed by atoms with E-state index in [9.17, 15) is 9.59 Å². The molecule has 0 bridgehead atoms. The highest BCUT2D eigenvalue weighted by Crippen LogP contribution is 2.37. The molecule has 1 aromatic rings. The summed E-state index contributed by atoms with van der Waals surface area (Å²) in [4.78, 5) is 27.9. The van der Waals surface area contributed by atoms with Crippen LogP contribution in [0.3, 0.4) is 0 Å². The molecule has 2 heterocycles. The van der Waals surface area contributed by atoms with Crippen molar-refractivity contribution < 1.29 is 23.5 Å². The van der Waals surface area contributed by atoms with Gasteiger partial charge in [-0.25, -0.2) is 9.59 Å². The molecule has 0 aromatic carbocycles. The van der Waals surface area contributed by atoms with E-state index >= 15 is 0 Å². The molecule has 1 amide bonds. The highest BCUT2D eigenvalue weighted by molar-refractivity contribution is 7.13. The molecular formula is C22H37NO5SSi. The zero-order chi connectivity index (χ0) is 22.5. The molecule has 0 aliphatic carbocycles. The normalized spacial score (nSPS) is 17.9. The van der Waals surface area contributed by atoms with Crippen LogP contribution < -0.4 is 0 Å². The van der Waals surface area contributed by atoms with Gasteiger partial charge in [0.2, 0.25) is 0 Å². The van der Waals surface area contributed by atoms with Gasteiger partial charge in [0.05, 0.1) is 25.4 Å². The maximum atomic E-state index is 12.4. The standard InChI is InChI=1S/C22H37NO5SSi/c1-16(2)28-20(24)19-11-10-18(29-19)9-8-13-23-17(12-14-26-21(23)25)15-27-30(6,7)22(3,4)5/h10-11,16-17H,8-9,12-15H2,1-7H3/t17-/m1/s1. The first-order chi connectivity index (χ1) is 13.9. The number of thiophene rings is 1. The summed E-state index contributed by atoms with van der Waals surface area (Å²) in [6, 6.07) is 3.84. The van der Waals surface area contributed by atoms with Crippen molar-refractivity contribution >= 4 is 31.7 Å². The number of aryl methyl sites for hydroxylation is 1. The number of hydrogen-bond acceptors (Lipinski definition) is 6. The third-order valence-electron chi connectivity index (χ3n) is 5.82. The first kappa shape index (κ1) is 24.9. The van der Waals surface area contributed by atoms with Crippen molar-refractivity contribution in [3.63, 3.8) is 0 Å². The Morgan fingerprint density at radius 1 is 1.33 bits per heavy atom. The highest BCUT2D eigenvalue weighted by atomic mass is 32.1. The van der Waals surface area contributed by atoms with Crippen LogP contribution in [0, 0.1) is 0 Å². The monoisotopic (exact) mass is 455 g/mol. The number of esters is 1. The minimum Gasteiger partial charge on any atom is -0.459 e. The molecule has 1 aliphatic heterocycles. The van der Waals surface area contributed by atoms with Gasteiger partial charge in [-0.15, -0.1) is 11.3 Å². The fourth-order valence-electron chi connectivity index (χ4n) is 2.96. The fraction of sp³-hybridized carbons (Fsp3) is 0.727. The first-order valence-electron chi connectivity index (χ1n) is 10.8. The number of amides is 1. The summed E-state index contributed by atoms with van der Waals surface area (Å²) in [5, 5.41) is 0.139. The average molecular weight is 456 g/mol. The van der Waals surface area contributed by atoms with Gasteiger partial charge in [0.1, 0.15) is 4.88 Å². The molecule has 1 fully saturated rings. The van der Waals surface area contributed by atoms with E-state index in [0.717, 1.165) is 24.1 Å². The summed E-state index contributed by atoms with van der Waals surface area (Å²) in [6.45, 7) is 16.4. The summed E-state index contributed by atoms with van der Waals surface area (Å²) in [5.41, 5.74) is 0. The van der Waals surface area contributed by atoms with Crippen molar-refractivity contribution in [2.24, 2.45) is 0 Å². The van der Waals surface area contributed by atoms with Gasteiger partial charge in [-0.3, -0.25) is 0 Å². The Morgan fingerprint density at radius 2 is 2.03 bits per heavy atom. The van der Waals surface area contributed by atoms with Crippen molar-refractivity contribution in [2.45, 2.75) is 84.2 Å². The van der Waals surface area contributed by atoms with Gasteiger partial charge in [0, 0.05) is 17.8 Å². The van der Waals surface area contributed by atoms with Gasteiger partial charge in [-0.05, 0) is 57.0 Å². The summed E-state index contributed by atoms with van der Waals surface area (Å²) in [6.07, 6.45) is 2.03. The average Bonchev–Trinajstić information content (AvgIpc) is 3.09. The molecule has 170 valence electrons. The number of nitrogens with zero attached hydrogens (tertiary/aromatic N) is 1. The minimum absolute atomic E-state index is 0.0558. The zero-order valence-electron chi connectivity index (χ0n) is 19.4. The highest BCUT2D eigenvalue weighted by Gasteiger charge is 2.39. The van der Waals surface area contributed by atoms with E-state index in [4.69, 9.17) is 13.9 Å². The number of rotatable bonds is 9. The van der Waals surface area contributed by atoms with Crippen LogP contribution in [0.15, 0.2) is 12.1 Å². The van der Waals surface area contributed by atoms with Crippen LogP contribution >= 0.6 is 11.3 Å². The van der Waals surface area contributed by atoms with Crippen LogP contribution in [0.1, 0.15) is 62.0 Å². The molecule has 0 spiro atoms. The predicted octanol–water partition coefficient (Wildman–Crippen LogP) is 5.48. The molecular weight excluding hydrogens is 418 g/mol. The first-order valence-corrected chi connectivity index (χ1v) is 14.5. The molecule has 0 radical (unpaired) electrons. The lowest BCUT2D eigenvalue weighted by Gasteiger charge is -2.40. The van der Waals surface area contributed by atoms with Crippen molar-refractivity contribution in [1.82, 2.24) is 4.90 Å². The van der Waals surface area contributed by atoms with E-state index in [-0.39, 0.29) is 29.2 Å². The zero-order valence-corrected chi connectivity index (χ0v) is 21.3. The van der Waals surface area contributed by atoms with Crippen LogP contribution in [0.4, 0.5) is 4.79 Å². The largest absolute Gasteiger partial charge is 0.459 e. The topological polar surface area (TPSA) is 65.1 Å². The van der Waals surface area contributed by atoms with E-state index in [0.29, 0.717) is 24.6 Å². The van der Waals surface area contributed by atoms with Gasteiger partial charge in [-0.1, -0.05) is 20.8 Å². The van der Waals surface area contributed by atoms with Crippen molar-refractivity contribution in [2.75, 3.05) is 19.8 Å². The Kier molecular flexibility index (Phi) is 8.53. The molecule has 1 aromatic heterocycles. The Morgan fingerprint density at radius 3 is 2.67 bits per heavy atom. The van der Waals surface area contributed by atoms with Crippen LogP contribution in [0.5, 0.6) is 0 Å². The Balaban J connectivity index is 1.89. The van der Waals surface area contributed by atoms with Gasteiger partial charge < -0.3 is 18.8 Å². The lowest BCUT2D eigenvalue weighted by Crippen LogP contribution is -2.51. The Bertz CT molecular complexity index is 725. The molecule has 0 unspecified atom stereocenters. The van der Waals surface area contributed by atoms with E-state index in [1.165, 1.54) is 11.3 Å². The number of carbonyl (C=O) groups excluding carboxylic acids is 2. The van der Waals surface area contributed by atoms with Gasteiger partial charge in [0.15, 0.2) is 8.32 Å². The maximum Gasteiger partial charge on any atom is 0.410 e. The SMILES string of the molecule is CC(C)OC(=O)c1ccc(CCCN2C(=O)OCC[C@@H]2CO[Si](C)(C)C(C)(C)C)s1. The fourth-order valence-corrected chi connectivity index (χ4v) is 4.93. The second kappa shape index (κ2) is 10.3. The molecule has 1 aliphatic rings. The lowest BCUT2D eigenvalue weighted by atomic mass is 10.1. The van der Waals surface area contributed by atoms with Crippen LogP contribution in [0.2, 0.25) is 18.1 Å². The molecule has 8 heteroatoms.